The fraction of sp³-hybridized carbons (Fsp3) is 0.882. The molecular weight excluding hydrogens is 560 g/mol. The van der Waals surface area contributed by atoms with E-state index in [9.17, 15) is 19.2 Å². The second-order valence-electron chi connectivity index (χ2n) is 11.8. The average Bonchev–Trinajstić information content (AvgIpc) is 3.02. The molecule has 0 radical (unpaired) electrons. The number of nitrogens with one attached hydrogen (secondary N) is 2. The van der Waals surface area contributed by atoms with Crippen LogP contribution in [-0.4, -0.2) is 62.1 Å². The van der Waals surface area contributed by atoms with Crippen molar-refractivity contribution in [2.45, 2.75) is 167 Å². The van der Waals surface area contributed by atoms with Crippen LogP contribution >= 0.6 is 0 Å². The predicted octanol–water partition coefficient (Wildman–Crippen LogP) is 5.58. The second kappa shape index (κ2) is 30.8. The molecule has 10 nitrogen and oxygen atoms in total. The van der Waals surface area contributed by atoms with Gasteiger partial charge in [0.2, 0.25) is 12.2 Å². The molecule has 44 heavy (non-hydrogen) atoms. The molecule has 2 atom stereocenters. The lowest BCUT2D eigenvalue weighted by Gasteiger charge is -2.25. The fourth-order valence-corrected chi connectivity index (χ4v) is 5.01. The molecule has 0 spiro atoms. The van der Waals surface area contributed by atoms with Gasteiger partial charge in [0.05, 0.1) is 0 Å². The van der Waals surface area contributed by atoms with E-state index in [0.717, 1.165) is 38.5 Å². The van der Waals surface area contributed by atoms with Crippen molar-refractivity contribution >= 4 is 23.8 Å². The van der Waals surface area contributed by atoms with Gasteiger partial charge in [0.25, 0.3) is 11.8 Å². The van der Waals surface area contributed by atoms with Crippen LogP contribution in [0.25, 0.3) is 0 Å². The Morgan fingerprint density at radius 2 is 0.750 bits per heavy atom. The van der Waals surface area contributed by atoms with Crippen LogP contribution in [0.2, 0.25) is 0 Å². The molecule has 0 rings (SSSR count). The summed E-state index contributed by atoms with van der Waals surface area (Å²) in [6, 6.07) is 0. The molecular formula is C34H66N4O6. The van der Waals surface area contributed by atoms with Crippen LogP contribution in [0.15, 0.2) is 0 Å². The van der Waals surface area contributed by atoms with E-state index in [1.807, 2.05) is 0 Å². The minimum atomic E-state index is -1.62. The van der Waals surface area contributed by atoms with Crippen molar-refractivity contribution in [3.05, 3.63) is 0 Å². The Balaban J connectivity index is 4.90. The Morgan fingerprint density at radius 3 is 1.02 bits per heavy atom. The topological polar surface area (TPSA) is 163 Å². The number of esters is 2. The monoisotopic (exact) mass is 626 g/mol. The first kappa shape index (κ1) is 41.8. The number of carbonyl (C=O) groups excluding carboxylic acids is 4. The molecule has 0 heterocycles. The number of amides is 2. The average molecular weight is 627 g/mol. The lowest BCUT2D eigenvalue weighted by molar-refractivity contribution is -0.176. The van der Waals surface area contributed by atoms with E-state index >= 15 is 0 Å². The molecule has 10 heteroatoms. The van der Waals surface area contributed by atoms with Crippen LogP contribution in [0.3, 0.4) is 0 Å². The highest BCUT2D eigenvalue weighted by molar-refractivity contribution is 5.93. The third-order valence-corrected chi connectivity index (χ3v) is 7.66. The van der Waals surface area contributed by atoms with E-state index < -0.39 is 36.0 Å². The van der Waals surface area contributed by atoms with Gasteiger partial charge in [-0.05, 0) is 12.8 Å². The molecule has 0 aromatic rings. The Kier molecular flexibility index (Phi) is 29.3. The molecule has 0 saturated carbocycles. The maximum atomic E-state index is 13.0. The molecule has 0 unspecified atom stereocenters. The highest BCUT2D eigenvalue weighted by atomic mass is 16.6. The van der Waals surface area contributed by atoms with Gasteiger partial charge in [0.15, 0.2) is 0 Å². The van der Waals surface area contributed by atoms with E-state index in [0.29, 0.717) is 12.8 Å². The molecule has 2 amide bonds. The van der Waals surface area contributed by atoms with Gasteiger partial charge < -0.3 is 31.6 Å². The van der Waals surface area contributed by atoms with E-state index in [1.54, 1.807) is 0 Å². The number of unbranched alkanes of at least 4 members (excludes halogenated alkanes) is 18. The van der Waals surface area contributed by atoms with Gasteiger partial charge in [-0.2, -0.15) is 0 Å². The summed E-state index contributed by atoms with van der Waals surface area (Å²) in [5.41, 5.74) is 11.1. The third kappa shape index (κ3) is 24.2. The Labute approximate surface area is 267 Å². The highest BCUT2D eigenvalue weighted by Crippen LogP contribution is 2.15. The minimum Gasteiger partial charge on any atom is -0.448 e. The van der Waals surface area contributed by atoms with Crippen molar-refractivity contribution in [1.29, 1.82) is 0 Å². The van der Waals surface area contributed by atoms with E-state index in [4.69, 9.17) is 20.9 Å². The first-order valence-corrected chi connectivity index (χ1v) is 17.8. The molecule has 0 aromatic heterocycles. The zero-order valence-electron chi connectivity index (χ0n) is 28.1. The number of carbonyl (C=O) groups is 4. The molecule has 258 valence electrons. The smallest absolute Gasteiger partial charge is 0.306 e. The number of hydrogen-bond donors (Lipinski definition) is 4. The van der Waals surface area contributed by atoms with Crippen LogP contribution in [-0.2, 0) is 28.7 Å². The summed E-state index contributed by atoms with van der Waals surface area (Å²) in [6.07, 6.45) is 19.4. The van der Waals surface area contributed by atoms with Gasteiger partial charge >= 0.3 is 11.9 Å². The van der Waals surface area contributed by atoms with E-state index in [1.165, 1.54) is 77.0 Å². The summed E-state index contributed by atoms with van der Waals surface area (Å²) in [6.45, 7) is 4.98. The van der Waals surface area contributed by atoms with Crippen molar-refractivity contribution in [3.63, 3.8) is 0 Å². The number of ether oxygens (including phenoxy) is 2. The van der Waals surface area contributed by atoms with Crippen LogP contribution in [0, 0.1) is 0 Å². The summed E-state index contributed by atoms with van der Waals surface area (Å²) >= 11 is 0. The zero-order chi connectivity index (χ0) is 32.7. The molecule has 0 saturated heterocycles. The Morgan fingerprint density at radius 1 is 0.477 bits per heavy atom. The summed E-state index contributed by atoms with van der Waals surface area (Å²) in [7, 11) is 0. The van der Waals surface area contributed by atoms with Crippen LogP contribution < -0.4 is 22.1 Å². The van der Waals surface area contributed by atoms with Crippen LogP contribution in [0.1, 0.15) is 155 Å². The number of nitrogens with two attached hydrogens (primary N) is 2. The van der Waals surface area contributed by atoms with E-state index in [2.05, 4.69) is 24.5 Å². The molecule has 0 aliphatic carbocycles. The van der Waals surface area contributed by atoms with Crippen molar-refractivity contribution in [3.8, 4) is 0 Å². The maximum Gasteiger partial charge on any atom is 0.306 e. The summed E-state index contributed by atoms with van der Waals surface area (Å²) < 4.78 is 11.0. The minimum absolute atomic E-state index is 0.112. The summed E-state index contributed by atoms with van der Waals surface area (Å²) in [5.74, 6) is -2.68. The first-order chi connectivity index (χ1) is 21.4. The first-order valence-electron chi connectivity index (χ1n) is 17.8. The van der Waals surface area contributed by atoms with Gasteiger partial charge in [-0.3, -0.25) is 19.2 Å². The maximum absolute atomic E-state index is 13.0. The standard InChI is InChI=1S/C34H66N4O6/c1-3-5-7-9-11-13-15-17-19-21-23-29(39)43-31(33(41)37-27-25-35)32(34(42)38-28-26-36)44-30(40)24-22-20-18-16-14-12-10-8-6-4-2/h31-32H,3-28,35-36H2,1-2H3,(H,37,41)(H,38,42)/t31-,32-/m1/s1. The van der Waals surface area contributed by atoms with Gasteiger partial charge in [-0.1, -0.05) is 129 Å². The fourth-order valence-electron chi connectivity index (χ4n) is 5.01. The normalized spacial score (nSPS) is 12.4. The van der Waals surface area contributed by atoms with Gasteiger partial charge in [0.1, 0.15) is 0 Å². The summed E-state index contributed by atoms with van der Waals surface area (Å²) in [4.78, 5) is 51.5. The highest BCUT2D eigenvalue weighted by Gasteiger charge is 2.40. The molecule has 0 aliphatic rings. The van der Waals surface area contributed by atoms with Crippen molar-refractivity contribution in [2.24, 2.45) is 11.5 Å². The lowest BCUT2D eigenvalue weighted by atomic mass is 10.1. The Bertz CT molecular complexity index is 677. The van der Waals surface area contributed by atoms with Crippen LogP contribution in [0.4, 0.5) is 0 Å². The number of hydrogen-bond acceptors (Lipinski definition) is 8. The third-order valence-electron chi connectivity index (χ3n) is 7.66. The quantitative estimate of drug-likeness (QED) is 0.0572. The van der Waals surface area contributed by atoms with Gasteiger partial charge in [-0.15, -0.1) is 0 Å². The van der Waals surface area contributed by atoms with Crippen molar-refractivity contribution in [1.82, 2.24) is 10.6 Å². The van der Waals surface area contributed by atoms with Crippen LogP contribution in [0.5, 0.6) is 0 Å². The molecule has 0 bridgehead atoms. The largest absolute Gasteiger partial charge is 0.448 e. The molecule has 0 aromatic carbocycles. The summed E-state index contributed by atoms with van der Waals surface area (Å²) in [5, 5.41) is 5.12. The predicted molar refractivity (Wildman–Crippen MR) is 177 cm³/mol. The number of rotatable bonds is 31. The molecule has 6 N–H and O–H groups in total. The Hall–Kier alpha value is -2.20. The second-order valence-corrected chi connectivity index (χ2v) is 11.8. The van der Waals surface area contributed by atoms with E-state index in [-0.39, 0.29) is 39.0 Å². The molecule has 0 aliphatic heterocycles. The van der Waals surface area contributed by atoms with Crippen molar-refractivity contribution in [2.75, 3.05) is 26.2 Å². The lowest BCUT2D eigenvalue weighted by Crippen LogP contribution is -2.54. The SMILES string of the molecule is CCCCCCCCCCCCC(=O)O[C@@H](C(=O)NCCN)[C@@H](OC(=O)CCCCCCCCCCCC)C(=O)NCCN. The zero-order valence-corrected chi connectivity index (χ0v) is 28.1. The molecule has 0 fully saturated rings. The van der Waals surface area contributed by atoms with Gasteiger partial charge in [-0.25, -0.2) is 0 Å². The van der Waals surface area contributed by atoms with Crippen molar-refractivity contribution < 1.29 is 28.7 Å². The van der Waals surface area contributed by atoms with Gasteiger partial charge in [0, 0.05) is 39.0 Å².